The number of carbonyl (C=O) groups is 2. The van der Waals surface area contributed by atoms with Crippen molar-refractivity contribution >= 4 is 43.5 Å². The van der Waals surface area contributed by atoms with Crippen molar-refractivity contribution in [3.8, 4) is 11.5 Å². The summed E-state index contributed by atoms with van der Waals surface area (Å²) in [6.07, 6.45) is 5.62. The van der Waals surface area contributed by atoms with Crippen LogP contribution in [0.25, 0.3) is 0 Å². The molecule has 11 heteroatoms. The Morgan fingerprint density at radius 3 is 2.45 bits per heavy atom. The van der Waals surface area contributed by atoms with E-state index in [4.69, 9.17) is 9.47 Å². The fourth-order valence-corrected chi connectivity index (χ4v) is 6.03. The average molecular weight is 609 g/mol. The van der Waals surface area contributed by atoms with E-state index in [2.05, 4.69) is 21.2 Å². The van der Waals surface area contributed by atoms with Crippen LogP contribution in [0.15, 0.2) is 46.9 Å². The Balaban J connectivity index is 1.44. The Morgan fingerprint density at radius 2 is 1.76 bits per heavy atom. The molecule has 206 valence electrons. The van der Waals surface area contributed by atoms with E-state index in [1.165, 1.54) is 4.31 Å². The Labute approximate surface area is 232 Å². The van der Waals surface area contributed by atoms with Gasteiger partial charge in [0, 0.05) is 36.1 Å². The molecule has 2 amide bonds. The lowest BCUT2D eigenvalue weighted by atomic mass is 10.1. The zero-order chi connectivity index (χ0) is 27.3. The molecule has 4 rings (SSSR count). The molecule has 2 aromatic rings. The van der Waals surface area contributed by atoms with Crippen LogP contribution in [0.2, 0.25) is 0 Å². The lowest BCUT2D eigenvalue weighted by molar-refractivity contribution is -0.141. The molecular weight excluding hydrogens is 574 g/mol. The second-order valence-corrected chi connectivity index (χ2v) is 12.6. The standard InChI is InChI=1S/C27H34BrN3O6S/c1-19(27(33)29-22-6-3-4-7-22)30(17-20-9-11-21(28)12-10-20)26(32)8-5-15-31(38(2,34)35)23-13-14-24-25(16-23)37-18-36-24/h9-14,16,19,22H,3-8,15,17-18H2,1-2H3,(H,29,33)/t19-/m1/s1. The van der Waals surface area contributed by atoms with E-state index < -0.39 is 16.1 Å². The molecule has 0 spiro atoms. The van der Waals surface area contributed by atoms with Crippen LogP contribution in [-0.4, -0.2) is 56.8 Å². The largest absolute Gasteiger partial charge is 0.454 e. The van der Waals surface area contributed by atoms with Gasteiger partial charge in [0.05, 0.1) is 11.9 Å². The molecule has 38 heavy (non-hydrogen) atoms. The zero-order valence-corrected chi connectivity index (χ0v) is 24.1. The quantitative estimate of drug-likeness (QED) is 0.410. The summed E-state index contributed by atoms with van der Waals surface area (Å²) < 4.78 is 38.0. The van der Waals surface area contributed by atoms with Gasteiger partial charge in [0.1, 0.15) is 6.04 Å². The number of nitrogens with zero attached hydrogens (tertiary/aromatic N) is 2. The van der Waals surface area contributed by atoms with Crippen molar-refractivity contribution in [1.82, 2.24) is 10.2 Å². The summed E-state index contributed by atoms with van der Waals surface area (Å²) in [5.74, 6) is 0.669. The van der Waals surface area contributed by atoms with Crippen molar-refractivity contribution in [3.05, 3.63) is 52.5 Å². The van der Waals surface area contributed by atoms with Crippen LogP contribution in [0.1, 0.15) is 51.0 Å². The number of ether oxygens (including phenoxy) is 2. The number of halogens is 1. The van der Waals surface area contributed by atoms with E-state index in [1.54, 1.807) is 30.0 Å². The van der Waals surface area contributed by atoms with Crippen molar-refractivity contribution in [2.75, 3.05) is 23.9 Å². The lowest BCUT2D eigenvalue weighted by Gasteiger charge is -2.30. The van der Waals surface area contributed by atoms with Gasteiger partial charge in [-0.25, -0.2) is 8.42 Å². The molecule has 1 aliphatic heterocycles. The van der Waals surface area contributed by atoms with E-state index in [-0.39, 0.29) is 50.6 Å². The van der Waals surface area contributed by atoms with Gasteiger partial charge >= 0.3 is 0 Å². The molecular formula is C27H34BrN3O6S. The number of fused-ring (bicyclic) bond motifs is 1. The van der Waals surface area contributed by atoms with Crippen LogP contribution in [0.4, 0.5) is 5.69 Å². The predicted octanol–water partition coefficient (Wildman–Crippen LogP) is 4.20. The number of anilines is 1. The molecule has 1 heterocycles. The molecule has 1 aliphatic carbocycles. The molecule has 1 atom stereocenters. The molecule has 0 aromatic heterocycles. The van der Waals surface area contributed by atoms with Crippen LogP contribution in [-0.2, 0) is 26.2 Å². The molecule has 0 unspecified atom stereocenters. The molecule has 2 aromatic carbocycles. The van der Waals surface area contributed by atoms with Crippen molar-refractivity contribution in [1.29, 1.82) is 0 Å². The first-order valence-electron chi connectivity index (χ1n) is 12.8. The first kappa shape index (κ1) is 28.2. The number of nitrogens with one attached hydrogen (secondary N) is 1. The SMILES string of the molecule is C[C@H](C(=O)NC1CCCC1)N(Cc1ccc(Br)cc1)C(=O)CCCN(c1ccc2c(c1)OCO2)S(C)(=O)=O. The number of hydrogen-bond acceptors (Lipinski definition) is 6. The van der Waals surface area contributed by atoms with Gasteiger partial charge in [-0.05, 0) is 56.0 Å². The number of hydrogen-bond donors (Lipinski definition) is 1. The second-order valence-electron chi connectivity index (χ2n) is 9.79. The topological polar surface area (TPSA) is 105 Å². The average Bonchev–Trinajstić information content (AvgIpc) is 3.56. The summed E-state index contributed by atoms with van der Waals surface area (Å²) in [6.45, 7) is 2.23. The monoisotopic (exact) mass is 607 g/mol. The minimum Gasteiger partial charge on any atom is -0.454 e. The summed E-state index contributed by atoms with van der Waals surface area (Å²) in [5, 5.41) is 3.10. The highest BCUT2D eigenvalue weighted by Gasteiger charge is 2.29. The molecule has 0 saturated heterocycles. The van der Waals surface area contributed by atoms with E-state index in [1.807, 2.05) is 24.3 Å². The summed E-state index contributed by atoms with van der Waals surface area (Å²) in [5.41, 5.74) is 1.35. The number of benzene rings is 2. The second kappa shape index (κ2) is 12.4. The first-order chi connectivity index (χ1) is 18.1. The minimum atomic E-state index is -3.61. The molecule has 9 nitrogen and oxygen atoms in total. The Kier molecular flexibility index (Phi) is 9.19. The number of carbonyl (C=O) groups excluding carboxylic acids is 2. The van der Waals surface area contributed by atoms with Gasteiger partial charge in [0.2, 0.25) is 28.6 Å². The van der Waals surface area contributed by atoms with E-state index in [9.17, 15) is 18.0 Å². The first-order valence-corrected chi connectivity index (χ1v) is 15.5. The summed E-state index contributed by atoms with van der Waals surface area (Å²) in [4.78, 5) is 28.1. The smallest absolute Gasteiger partial charge is 0.242 e. The van der Waals surface area contributed by atoms with Crippen LogP contribution >= 0.6 is 15.9 Å². The highest BCUT2D eigenvalue weighted by atomic mass is 79.9. The molecule has 1 saturated carbocycles. The molecule has 1 N–H and O–H groups in total. The highest BCUT2D eigenvalue weighted by Crippen LogP contribution is 2.36. The lowest BCUT2D eigenvalue weighted by Crippen LogP contribution is -2.49. The maximum absolute atomic E-state index is 13.5. The summed E-state index contributed by atoms with van der Waals surface area (Å²) in [6, 6.07) is 12.1. The zero-order valence-electron chi connectivity index (χ0n) is 21.7. The number of sulfonamides is 1. The fourth-order valence-electron chi connectivity index (χ4n) is 4.81. The third-order valence-electron chi connectivity index (χ3n) is 6.93. The van der Waals surface area contributed by atoms with Gasteiger partial charge in [0.25, 0.3) is 0 Å². The van der Waals surface area contributed by atoms with Crippen molar-refractivity contribution in [2.45, 2.75) is 64.1 Å². The summed E-state index contributed by atoms with van der Waals surface area (Å²) in [7, 11) is -3.61. The normalized spacial score (nSPS) is 15.8. The van der Waals surface area contributed by atoms with Gasteiger partial charge in [0.15, 0.2) is 11.5 Å². The van der Waals surface area contributed by atoms with Crippen molar-refractivity contribution in [2.24, 2.45) is 0 Å². The van der Waals surface area contributed by atoms with Gasteiger partial charge in [-0.1, -0.05) is 40.9 Å². The van der Waals surface area contributed by atoms with Crippen molar-refractivity contribution < 1.29 is 27.5 Å². The van der Waals surface area contributed by atoms with Crippen LogP contribution in [0.5, 0.6) is 11.5 Å². The van der Waals surface area contributed by atoms with Crippen molar-refractivity contribution in [3.63, 3.8) is 0 Å². The minimum absolute atomic E-state index is 0.0902. The molecule has 0 bridgehead atoms. The van der Waals surface area contributed by atoms with Crippen LogP contribution < -0.4 is 19.1 Å². The number of amides is 2. The predicted molar refractivity (Wildman–Crippen MR) is 149 cm³/mol. The molecule has 0 radical (unpaired) electrons. The van der Waals surface area contributed by atoms with E-state index in [0.29, 0.717) is 17.2 Å². The molecule has 2 aliphatic rings. The van der Waals surface area contributed by atoms with Gasteiger partial charge in [-0.15, -0.1) is 0 Å². The maximum atomic E-state index is 13.5. The summed E-state index contributed by atoms with van der Waals surface area (Å²) >= 11 is 3.43. The van der Waals surface area contributed by atoms with Gasteiger partial charge in [-0.2, -0.15) is 0 Å². The van der Waals surface area contributed by atoms with E-state index in [0.717, 1.165) is 42.0 Å². The Hall–Kier alpha value is -2.79. The maximum Gasteiger partial charge on any atom is 0.242 e. The third kappa shape index (κ3) is 7.19. The molecule has 1 fully saturated rings. The highest BCUT2D eigenvalue weighted by molar-refractivity contribution is 9.10. The van der Waals surface area contributed by atoms with Crippen LogP contribution in [0, 0.1) is 0 Å². The van der Waals surface area contributed by atoms with Gasteiger partial charge in [-0.3, -0.25) is 13.9 Å². The third-order valence-corrected chi connectivity index (χ3v) is 8.65. The Morgan fingerprint density at radius 1 is 1.08 bits per heavy atom. The van der Waals surface area contributed by atoms with Crippen LogP contribution in [0.3, 0.4) is 0 Å². The Bertz CT molecular complexity index is 1250. The number of rotatable bonds is 11. The fraction of sp³-hybridized carbons (Fsp3) is 0.481. The van der Waals surface area contributed by atoms with Gasteiger partial charge < -0.3 is 19.7 Å². The van der Waals surface area contributed by atoms with E-state index >= 15 is 0 Å².